The number of hydrogen-bond acceptors (Lipinski definition) is 3. The summed E-state index contributed by atoms with van der Waals surface area (Å²) in [6, 6.07) is 11.3. The molecule has 96 valence electrons. The van der Waals surface area contributed by atoms with E-state index in [0.717, 1.165) is 26.1 Å². The first kappa shape index (κ1) is 12.9. The smallest absolute Gasteiger partial charge is 0.0638 e. The van der Waals surface area contributed by atoms with Crippen LogP contribution in [0.2, 0.25) is 0 Å². The molecular formula is C15H21N3. The van der Waals surface area contributed by atoms with Gasteiger partial charge in [0.05, 0.1) is 12.5 Å². The Morgan fingerprint density at radius 1 is 1.39 bits per heavy atom. The first-order valence-corrected chi connectivity index (χ1v) is 6.59. The summed E-state index contributed by atoms with van der Waals surface area (Å²) in [5, 5.41) is 8.93. The molecule has 0 spiro atoms. The van der Waals surface area contributed by atoms with E-state index in [4.69, 9.17) is 5.26 Å². The molecule has 1 atom stereocenters. The number of anilines is 1. The van der Waals surface area contributed by atoms with E-state index < -0.39 is 0 Å². The van der Waals surface area contributed by atoms with Gasteiger partial charge < -0.3 is 9.80 Å². The number of aryl methyl sites for hydroxylation is 1. The monoisotopic (exact) mass is 243 g/mol. The molecule has 0 amide bonds. The molecule has 1 heterocycles. The lowest BCUT2D eigenvalue weighted by Crippen LogP contribution is -2.38. The Hall–Kier alpha value is -1.53. The molecule has 0 saturated carbocycles. The van der Waals surface area contributed by atoms with Crippen LogP contribution in [-0.4, -0.2) is 37.6 Å². The van der Waals surface area contributed by atoms with Crippen LogP contribution in [0.1, 0.15) is 18.4 Å². The fourth-order valence-electron chi connectivity index (χ4n) is 2.56. The zero-order valence-corrected chi connectivity index (χ0v) is 11.3. The van der Waals surface area contributed by atoms with Crippen LogP contribution >= 0.6 is 0 Å². The first-order valence-electron chi connectivity index (χ1n) is 6.59. The molecule has 2 rings (SSSR count). The SMILES string of the molecule is Cc1cccc(N2CCCN(C)C(CC#N)C2)c1. The summed E-state index contributed by atoms with van der Waals surface area (Å²) in [5.41, 5.74) is 2.58. The average molecular weight is 243 g/mol. The zero-order valence-electron chi connectivity index (χ0n) is 11.3. The summed E-state index contributed by atoms with van der Waals surface area (Å²) >= 11 is 0. The lowest BCUT2D eigenvalue weighted by Gasteiger charge is -2.28. The Labute approximate surface area is 110 Å². The Morgan fingerprint density at radius 3 is 2.94 bits per heavy atom. The van der Waals surface area contributed by atoms with E-state index in [0.29, 0.717) is 12.5 Å². The van der Waals surface area contributed by atoms with Crippen LogP contribution in [0.4, 0.5) is 5.69 Å². The van der Waals surface area contributed by atoms with Gasteiger partial charge in [-0.1, -0.05) is 12.1 Å². The van der Waals surface area contributed by atoms with Crippen LogP contribution in [0.25, 0.3) is 0 Å². The molecule has 18 heavy (non-hydrogen) atoms. The fourth-order valence-corrected chi connectivity index (χ4v) is 2.56. The Balaban J connectivity index is 2.15. The molecule has 1 aliphatic rings. The average Bonchev–Trinajstić information content (AvgIpc) is 2.53. The van der Waals surface area contributed by atoms with E-state index in [1.165, 1.54) is 11.3 Å². The van der Waals surface area contributed by atoms with Crippen molar-refractivity contribution in [1.82, 2.24) is 4.90 Å². The third kappa shape index (κ3) is 3.02. The Morgan fingerprint density at radius 2 is 2.22 bits per heavy atom. The summed E-state index contributed by atoms with van der Waals surface area (Å²) in [5.74, 6) is 0. The first-order chi connectivity index (χ1) is 8.70. The molecule has 3 nitrogen and oxygen atoms in total. The maximum absolute atomic E-state index is 8.93. The van der Waals surface area contributed by atoms with Crippen LogP contribution in [0.3, 0.4) is 0 Å². The number of hydrogen-bond donors (Lipinski definition) is 0. The highest BCUT2D eigenvalue weighted by molar-refractivity contribution is 5.48. The van der Waals surface area contributed by atoms with Crippen molar-refractivity contribution in [2.75, 3.05) is 31.6 Å². The van der Waals surface area contributed by atoms with Crippen LogP contribution in [0.5, 0.6) is 0 Å². The summed E-state index contributed by atoms with van der Waals surface area (Å²) in [4.78, 5) is 4.73. The van der Waals surface area contributed by atoms with Crippen LogP contribution in [-0.2, 0) is 0 Å². The number of rotatable bonds is 2. The topological polar surface area (TPSA) is 30.3 Å². The highest BCUT2D eigenvalue weighted by atomic mass is 15.2. The normalized spacial score (nSPS) is 21.4. The van der Waals surface area contributed by atoms with Gasteiger partial charge >= 0.3 is 0 Å². The van der Waals surface area contributed by atoms with Crippen molar-refractivity contribution >= 4 is 5.69 Å². The minimum atomic E-state index is 0.345. The van der Waals surface area contributed by atoms with Gasteiger partial charge in [0.1, 0.15) is 0 Å². The van der Waals surface area contributed by atoms with Crippen molar-refractivity contribution in [2.45, 2.75) is 25.8 Å². The van der Waals surface area contributed by atoms with Gasteiger partial charge in [0, 0.05) is 24.8 Å². The fraction of sp³-hybridized carbons (Fsp3) is 0.533. The number of nitrogens with zero attached hydrogens (tertiary/aromatic N) is 3. The van der Waals surface area contributed by atoms with Crippen molar-refractivity contribution in [3.8, 4) is 6.07 Å². The molecule has 1 fully saturated rings. The summed E-state index contributed by atoms with van der Waals surface area (Å²) < 4.78 is 0. The zero-order chi connectivity index (χ0) is 13.0. The standard InChI is InChI=1S/C15H21N3/c1-13-5-3-6-14(11-13)18-10-4-9-17(2)15(12-18)7-8-16/h3,5-6,11,15H,4,7,9-10,12H2,1-2H3. The summed E-state index contributed by atoms with van der Waals surface area (Å²) in [6.07, 6.45) is 1.77. The second-order valence-electron chi connectivity index (χ2n) is 5.14. The van der Waals surface area contributed by atoms with Gasteiger partial charge in [0.25, 0.3) is 0 Å². The second kappa shape index (κ2) is 5.88. The van der Waals surface area contributed by atoms with Gasteiger partial charge in [-0.3, -0.25) is 0 Å². The van der Waals surface area contributed by atoms with Crippen molar-refractivity contribution in [3.05, 3.63) is 29.8 Å². The minimum absolute atomic E-state index is 0.345. The van der Waals surface area contributed by atoms with Gasteiger partial charge in [-0.05, 0) is 44.6 Å². The van der Waals surface area contributed by atoms with Gasteiger partial charge in [-0.15, -0.1) is 0 Å². The molecule has 0 bridgehead atoms. The van der Waals surface area contributed by atoms with Crippen molar-refractivity contribution in [2.24, 2.45) is 0 Å². The lowest BCUT2D eigenvalue weighted by atomic mass is 10.1. The van der Waals surface area contributed by atoms with Crippen LogP contribution in [0, 0.1) is 18.3 Å². The molecule has 0 N–H and O–H groups in total. The quantitative estimate of drug-likeness (QED) is 0.799. The molecule has 1 unspecified atom stereocenters. The van der Waals surface area contributed by atoms with E-state index in [1.807, 2.05) is 0 Å². The molecule has 1 saturated heterocycles. The molecule has 1 aliphatic heterocycles. The molecule has 3 heteroatoms. The van der Waals surface area contributed by atoms with Crippen molar-refractivity contribution in [3.63, 3.8) is 0 Å². The molecule has 1 aromatic carbocycles. The van der Waals surface area contributed by atoms with Crippen LogP contribution < -0.4 is 4.90 Å². The van der Waals surface area contributed by atoms with E-state index in [2.05, 4.69) is 54.1 Å². The van der Waals surface area contributed by atoms with E-state index in [9.17, 15) is 0 Å². The van der Waals surface area contributed by atoms with Gasteiger partial charge in [-0.2, -0.15) is 5.26 Å². The van der Waals surface area contributed by atoms with E-state index >= 15 is 0 Å². The lowest BCUT2D eigenvalue weighted by molar-refractivity contribution is 0.264. The molecule has 0 aromatic heterocycles. The number of benzene rings is 1. The molecule has 0 aliphatic carbocycles. The summed E-state index contributed by atoms with van der Waals surface area (Å²) in [6.45, 7) is 5.23. The van der Waals surface area contributed by atoms with Gasteiger partial charge in [-0.25, -0.2) is 0 Å². The van der Waals surface area contributed by atoms with Crippen molar-refractivity contribution in [1.29, 1.82) is 5.26 Å². The third-order valence-corrected chi connectivity index (χ3v) is 3.69. The molecule has 1 aromatic rings. The summed E-state index contributed by atoms with van der Waals surface area (Å²) in [7, 11) is 2.13. The predicted molar refractivity (Wildman–Crippen MR) is 74.7 cm³/mol. The van der Waals surface area contributed by atoms with E-state index in [-0.39, 0.29) is 0 Å². The molecule has 0 radical (unpaired) electrons. The largest absolute Gasteiger partial charge is 0.370 e. The van der Waals surface area contributed by atoms with Crippen molar-refractivity contribution < 1.29 is 0 Å². The Bertz CT molecular complexity index is 436. The van der Waals surface area contributed by atoms with Crippen LogP contribution in [0.15, 0.2) is 24.3 Å². The van der Waals surface area contributed by atoms with E-state index in [1.54, 1.807) is 0 Å². The number of likely N-dealkylation sites (N-methyl/N-ethyl adjacent to an activating group) is 1. The highest BCUT2D eigenvalue weighted by Crippen LogP contribution is 2.20. The molecular weight excluding hydrogens is 222 g/mol. The Kier molecular flexibility index (Phi) is 4.22. The van der Waals surface area contributed by atoms with Gasteiger partial charge in [0.15, 0.2) is 0 Å². The highest BCUT2D eigenvalue weighted by Gasteiger charge is 2.22. The predicted octanol–water partition coefficient (Wildman–Crippen LogP) is 2.42. The maximum atomic E-state index is 8.93. The minimum Gasteiger partial charge on any atom is -0.370 e. The van der Waals surface area contributed by atoms with Gasteiger partial charge in [0.2, 0.25) is 0 Å². The second-order valence-corrected chi connectivity index (χ2v) is 5.14. The number of nitriles is 1. The third-order valence-electron chi connectivity index (χ3n) is 3.69. The maximum Gasteiger partial charge on any atom is 0.0638 e.